The second-order valence-corrected chi connectivity index (χ2v) is 14.0. The predicted molar refractivity (Wildman–Crippen MR) is 192 cm³/mol. The molecule has 2 aliphatic heterocycles. The van der Waals surface area contributed by atoms with Gasteiger partial charge in [-0.3, -0.25) is 0 Å². The minimum absolute atomic E-state index is 0.0994. The first-order valence-electron chi connectivity index (χ1n) is 17.3. The molecule has 0 aromatic heterocycles. The summed E-state index contributed by atoms with van der Waals surface area (Å²) in [7, 11) is 0. The third-order valence-electron chi connectivity index (χ3n) is 11.0. The summed E-state index contributed by atoms with van der Waals surface area (Å²) < 4.78 is 22.4. The molecule has 52 heavy (non-hydrogen) atoms. The molecule has 2 unspecified atom stereocenters. The molecule has 256 valence electrons. The lowest BCUT2D eigenvalue weighted by molar-refractivity contribution is 0.0425. The first-order chi connectivity index (χ1) is 25.1. The van der Waals surface area contributed by atoms with Crippen molar-refractivity contribution in [1.82, 2.24) is 0 Å². The molecule has 8 nitrogen and oxygen atoms in total. The van der Waals surface area contributed by atoms with Crippen LogP contribution in [0.25, 0.3) is 5.57 Å². The molecule has 0 bridgehead atoms. The lowest BCUT2D eigenvalue weighted by Crippen LogP contribution is -2.41. The Labute approximate surface area is 299 Å². The van der Waals surface area contributed by atoms with Gasteiger partial charge >= 0.3 is 23.9 Å². The predicted octanol–water partition coefficient (Wildman–Crippen LogP) is 8.78. The fourth-order valence-corrected chi connectivity index (χ4v) is 8.21. The Kier molecular flexibility index (Phi) is 6.93. The number of allylic oxidation sites excluding steroid dienone is 6. The average molecular weight is 689 g/mol. The van der Waals surface area contributed by atoms with Crippen LogP contribution in [-0.4, -0.2) is 29.5 Å². The highest BCUT2D eigenvalue weighted by atomic mass is 16.6. The molecule has 0 radical (unpaired) electrons. The number of esters is 4. The lowest BCUT2D eigenvalue weighted by Gasteiger charge is -2.41. The molecule has 9 rings (SSSR count). The summed E-state index contributed by atoms with van der Waals surface area (Å²) >= 11 is 0. The first-order valence-corrected chi connectivity index (χ1v) is 17.3. The number of ether oxygens (including phenoxy) is 4. The second kappa shape index (κ2) is 11.4. The van der Waals surface area contributed by atoms with Crippen LogP contribution >= 0.6 is 0 Å². The Morgan fingerprint density at radius 3 is 2.12 bits per heavy atom. The quantitative estimate of drug-likeness (QED) is 0.146. The molecular weight excluding hydrogens is 656 g/mol. The fourth-order valence-electron chi connectivity index (χ4n) is 8.21. The molecule has 4 aromatic carbocycles. The zero-order chi connectivity index (χ0) is 35.9. The van der Waals surface area contributed by atoms with Gasteiger partial charge in [-0.1, -0.05) is 67.6 Å². The van der Waals surface area contributed by atoms with Crippen molar-refractivity contribution < 1.29 is 38.1 Å². The Morgan fingerprint density at radius 2 is 1.40 bits per heavy atom. The number of cyclic esters (lactones) is 4. The van der Waals surface area contributed by atoms with E-state index in [-0.39, 0.29) is 28.2 Å². The molecule has 0 amide bonds. The second-order valence-electron chi connectivity index (χ2n) is 14.0. The van der Waals surface area contributed by atoms with Gasteiger partial charge in [0.25, 0.3) is 0 Å². The van der Waals surface area contributed by atoms with Gasteiger partial charge in [0.15, 0.2) is 0 Å². The van der Waals surface area contributed by atoms with E-state index in [9.17, 15) is 19.2 Å². The zero-order valence-corrected chi connectivity index (χ0v) is 28.6. The van der Waals surface area contributed by atoms with Crippen molar-refractivity contribution in [3.05, 3.63) is 165 Å². The molecule has 0 fully saturated rings. The van der Waals surface area contributed by atoms with Crippen LogP contribution in [0.3, 0.4) is 0 Å². The summed E-state index contributed by atoms with van der Waals surface area (Å²) in [6, 6.07) is 24.5. The summed E-state index contributed by atoms with van der Waals surface area (Å²) in [6.07, 6.45) is 13.0. The Morgan fingerprint density at radius 1 is 0.731 bits per heavy atom. The summed E-state index contributed by atoms with van der Waals surface area (Å²) in [4.78, 5) is 48.5. The number of carbonyl (C=O) groups is 4. The third kappa shape index (κ3) is 4.60. The van der Waals surface area contributed by atoms with E-state index >= 15 is 0 Å². The molecule has 3 aliphatic carbocycles. The largest absolute Gasteiger partial charge is 0.483 e. The number of hydrogen-bond acceptors (Lipinski definition) is 8. The SMILES string of the molecule is Cc1cc(C2(C3=CC(C)[C@](C)(Oc4ccc5c(c4)C(=O)OC5=O)C=C3)C3=C(CCC=C3)c3ccccc32)ccc1Oc1ccc2c(c1)C(=O)OC2=O. The fraction of sp³-hybridized carbons (Fsp3) is 0.182. The highest BCUT2D eigenvalue weighted by Crippen LogP contribution is 2.59. The van der Waals surface area contributed by atoms with E-state index in [0.717, 1.165) is 29.5 Å². The summed E-state index contributed by atoms with van der Waals surface area (Å²) in [5.41, 5.74) is 7.59. The molecule has 0 saturated carbocycles. The topological polar surface area (TPSA) is 105 Å². The molecule has 3 atom stereocenters. The van der Waals surface area contributed by atoms with Crippen LogP contribution in [0.2, 0.25) is 0 Å². The van der Waals surface area contributed by atoms with Crippen molar-refractivity contribution >= 4 is 29.5 Å². The van der Waals surface area contributed by atoms with Crippen LogP contribution in [0.4, 0.5) is 0 Å². The van der Waals surface area contributed by atoms with Gasteiger partial charge in [0.1, 0.15) is 22.8 Å². The first kappa shape index (κ1) is 31.7. The maximum Gasteiger partial charge on any atom is 0.347 e. The number of fused-ring (bicyclic) bond motifs is 4. The van der Waals surface area contributed by atoms with Gasteiger partial charge in [0.05, 0.1) is 27.7 Å². The molecule has 0 spiro atoms. The lowest BCUT2D eigenvalue weighted by atomic mass is 9.63. The van der Waals surface area contributed by atoms with Crippen molar-refractivity contribution in [2.45, 2.75) is 44.6 Å². The van der Waals surface area contributed by atoms with E-state index < -0.39 is 34.9 Å². The van der Waals surface area contributed by atoms with Crippen molar-refractivity contribution in [2.75, 3.05) is 0 Å². The highest BCUT2D eigenvalue weighted by Gasteiger charge is 2.49. The van der Waals surface area contributed by atoms with Crippen LogP contribution in [0.15, 0.2) is 120 Å². The van der Waals surface area contributed by atoms with Crippen molar-refractivity contribution in [3.63, 3.8) is 0 Å². The number of benzene rings is 4. The molecule has 0 saturated heterocycles. The number of hydrogen-bond donors (Lipinski definition) is 0. The number of rotatable bonds is 6. The van der Waals surface area contributed by atoms with Crippen LogP contribution < -0.4 is 9.47 Å². The van der Waals surface area contributed by atoms with Gasteiger partial charge in [-0.2, -0.15) is 0 Å². The van der Waals surface area contributed by atoms with Crippen LogP contribution in [0.1, 0.15) is 90.4 Å². The van der Waals surface area contributed by atoms with Gasteiger partial charge in [0.2, 0.25) is 0 Å². The molecule has 0 N–H and O–H groups in total. The molecule has 2 heterocycles. The van der Waals surface area contributed by atoms with Crippen molar-refractivity contribution in [1.29, 1.82) is 0 Å². The van der Waals surface area contributed by atoms with Crippen LogP contribution in [0.5, 0.6) is 17.2 Å². The van der Waals surface area contributed by atoms with Gasteiger partial charge in [-0.15, -0.1) is 0 Å². The number of aryl methyl sites for hydroxylation is 1. The summed E-state index contributed by atoms with van der Waals surface area (Å²) in [6.45, 7) is 6.14. The maximum absolute atomic E-state index is 12.3. The Bertz CT molecular complexity index is 2440. The van der Waals surface area contributed by atoms with Gasteiger partial charge < -0.3 is 18.9 Å². The van der Waals surface area contributed by atoms with Crippen LogP contribution in [0, 0.1) is 12.8 Å². The highest BCUT2D eigenvalue weighted by molar-refractivity contribution is 6.15. The zero-order valence-electron chi connectivity index (χ0n) is 28.6. The standard InChI is InChI=1S/C44H32O8/c1-24-20-26(12-17-38(24)49-28-13-15-32-34(22-28)41(47)50-39(32)45)44(36-10-6-4-8-30(36)31-9-5-7-11-37(31)44)27-18-19-43(3,25(2)21-27)52-29-14-16-33-35(23-29)42(48)51-40(33)46/h4,6-8,10-23,25H,5,9H2,1-3H3/t25?,43-,44?/m1/s1. The van der Waals surface area contributed by atoms with E-state index in [4.69, 9.17) is 18.9 Å². The van der Waals surface area contributed by atoms with Crippen molar-refractivity contribution in [3.8, 4) is 17.2 Å². The molecular formula is C44H32O8. The van der Waals surface area contributed by atoms with Crippen LogP contribution in [-0.2, 0) is 14.9 Å². The van der Waals surface area contributed by atoms with E-state index in [2.05, 4.69) is 73.7 Å². The number of carbonyl (C=O) groups excluding carboxylic acids is 4. The van der Waals surface area contributed by atoms with Gasteiger partial charge in [0, 0.05) is 5.92 Å². The normalized spacial score (nSPS) is 23.8. The minimum Gasteiger partial charge on any atom is -0.483 e. The maximum atomic E-state index is 12.3. The molecule has 8 heteroatoms. The summed E-state index contributed by atoms with van der Waals surface area (Å²) in [5, 5.41) is 0. The smallest absolute Gasteiger partial charge is 0.347 e. The molecule has 5 aliphatic rings. The van der Waals surface area contributed by atoms with Gasteiger partial charge in [-0.25, -0.2) is 19.2 Å². The van der Waals surface area contributed by atoms with Crippen molar-refractivity contribution in [2.24, 2.45) is 5.92 Å². The minimum atomic E-state index is -0.760. The molecule has 4 aromatic rings. The summed E-state index contributed by atoms with van der Waals surface area (Å²) in [5.74, 6) is -1.22. The van der Waals surface area contributed by atoms with E-state index in [1.165, 1.54) is 22.3 Å². The monoisotopic (exact) mass is 688 g/mol. The van der Waals surface area contributed by atoms with E-state index in [1.54, 1.807) is 36.4 Å². The van der Waals surface area contributed by atoms with E-state index in [0.29, 0.717) is 17.2 Å². The van der Waals surface area contributed by atoms with E-state index in [1.807, 2.05) is 19.9 Å². The Balaban J connectivity index is 1.12. The average Bonchev–Trinajstić information content (AvgIpc) is 3.71. The third-order valence-corrected chi connectivity index (χ3v) is 11.0. The van der Waals surface area contributed by atoms with Gasteiger partial charge in [-0.05, 0) is 114 Å². The Hall–Kier alpha value is -6.28.